The fraction of sp³-hybridized carbons (Fsp3) is 0.812. The van der Waals surface area contributed by atoms with E-state index in [0.717, 1.165) is 30.9 Å². The van der Waals surface area contributed by atoms with Crippen LogP contribution in [-0.4, -0.2) is 15.3 Å². The lowest BCUT2D eigenvalue weighted by Gasteiger charge is -2.37. The predicted molar refractivity (Wildman–Crippen MR) is 80.1 cm³/mol. The number of rotatable bonds is 5. The molecule has 0 spiro atoms. The van der Waals surface area contributed by atoms with Gasteiger partial charge in [0.15, 0.2) is 0 Å². The Morgan fingerprint density at radius 3 is 2.63 bits per heavy atom. The number of nitrogens with two attached hydrogens (primary N) is 1. The van der Waals surface area contributed by atoms with Gasteiger partial charge < -0.3 is 5.73 Å². The SMILES string of the molecule is CCCC1CCC(N)(Cc2ccn(C(C)C)n2)CC1. The summed E-state index contributed by atoms with van der Waals surface area (Å²) in [4.78, 5) is 0. The van der Waals surface area contributed by atoms with Crippen LogP contribution in [0.5, 0.6) is 0 Å². The molecule has 1 fully saturated rings. The van der Waals surface area contributed by atoms with E-state index < -0.39 is 0 Å². The van der Waals surface area contributed by atoms with Crippen molar-refractivity contribution in [1.29, 1.82) is 0 Å². The predicted octanol–water partition coefficient (Wildman–Crippen LogP) is 3.69. The van der Waals surface area contributed by atoms with Crippen molar-refractivity contribution in [2.75, 3.05) is 0 Å². The fourth-order valence-corrected chi connectivity index (χ4v) is 3.25. The maximum absolute atomic E-state index is 6.59. The lowest BCUT2D eigenvalue weighted by Crippen LogP contribution is -2.45. The minimum Gasteiger partial charge on any atom is -0.325 e. The highest BCUT2D eigenvalue weighted by atomic mass is 15.3. The Labute approximate surface area is 117 Å². The molecule has 19 heavy (non-hydrogen) atoms. The molecule has 3 heteroatoms. The smallest absolute Gasteiger partial charge is 0.0643 e. The van der Waals surface area contributed by atoms with Gasteiger partial charge >= 0.3 is 0 Å². The first kappa shape index (κ1) is 14.6. The Morgan fingerprint density at radius 2 is 2.11 bits per heavy atom. The summed E-state index contributed by atoms with van der Waals surface area (Å²) in [6.07, 6.45) is 10.6. The third kappa shape index (κ3) is 3.82. The summed E-state index contributed by atoms with van der Waals surface area (Å²) in [6, 6.07) is 2.56. The molecule has 0 saturated heterocycles. The minimum atomic E-state index is -0.0135. The topological polar surface area (TPSA) is 43.8 Å². The van der Waals surface area contributed by atoms with Gasteiger partial charge in [-0.05, 0) is 51.5 Å². The highest BCUT2D eigenvalue weighted by molar-refractivity contribution is 5.07. The lowest BCUT2D eigenvalue weighted by molar-refractivity contribution is 0.222. The first-order valence-electron chi connectivity index (χ1n) is 7.85. The van der Waals surface area contributed by atoms with Crippen LogP contribution in [0.4, 0.5) is 0 Å². The Hall–Kier alpha value is -0.830. The number of aromatic nitrogens is 2. The van der Waals surface area contributed by atoms with Gasteiger partial charge in [0.05, 0.1) is 5.69 Å². The van der Waals surface area contributed by atoms with Gasteiger partial charge in [0, 0.05) is 24.2 Å². The van der Waals surface area contributed by atoms with Crippen molar-refractivity contribution < 1.29 is 0 Å². The Morgan fingerprint density at radius 1 is 1.42 bits per heavy atom. The van der Waals surface area contributed by atoms with E-state index in [1.165, 1.54) is 25.7 Å². The monoisotopic (exact) mass is 263 g/mol. The van der Waals surface area contributed by atoms with Crippen molar-refractivity contribution in [2.45, 2.75) is 77.3 Å². The third-order valence-corrected chi connectivity index (χ3v) is 4.52. The molecule has 1 aromatic rings. The van der Waals surface area contributed by atoms with Crippen LogP contribution in [0.25, 0.3) is 0 Å². The zero-order valence-corrected chi connectivity index (χ0v) is 12.7. The average molecular weight is 263 g/mol. The van der Waals surface area contributed by atoms with Gasteiger partial charge in [0.1, 0.15) is 0 Å². The normalized spacial score (nSPS) is 27.9. The van der Waals surface area contributed by atoms with Gasteiger partial charge in [-0.15, -0.1) is 0 Å². The van der Waals surface area contributed by atoms with Crippen molar-refractivity contribution in [1.82, 2.24) is 9.78 Å². The third-order valence-electron chi connectivity index (χ3n) is 4.52. The van der Waals surface area contributed by atoms with Gasteiger partial charge in [-0.3, -0.25) is 4.68 Å². The van der Waals surface area contributed by atoms with E-state index in [2.05, 4.69) is 38.1 Å². The quantitative estimate of drug-likeness (QED) is 0.880. The van der Waals surface area contributed by atoms with Crippen LogP contribution in [0.15, 0.2) is 12.3 Å². The first-order valence-corrected chi connectivity index (χ1v) is 7.85. The highest BCUT2D eigenvalue weighted by Crippen LogP contribution is 2.34. The van der Waals surface area contributed by atoms with Crippen LogP contribution >= 0.6 is 0 Å². The van der Waals surface area contributed by atoms with Crippen molar-refractivity contribution in [3.05, 3.63) is 18.0 Å². The molecule has 1 aliphatic carbocycles. The van der Waals surface area contributed by atoms with Crippen molar-refractivity contribution in [3.8, 4) is 0 Å². The summed E-state index contributed by atoms with van der Waals surface area (Å²) in [5.41, 5.74) is 7.73. The number of hydrogen-bond donors (Lipinski definition) is 1. The fourth-order valence-electron chi connectivity index (χ4n) is 3.25. The Bertz CT molecular complexity index is 386. The van der Waals surface area contributed by atoms with Crippen molar-refractivity contribution >= 4 is 0 Å². The molecule has 1 heterocycles. The zero-order chi connectivity index (χ0) is 13.9. The van der Waals surface area contributed by atoms with Crippen LogP contribution in [0.2, 0.25) is 0 Å². The number of hydrogen-bond acceptors (Lipinski definition) is 2. The average Bonchev–Trinajstić information content (AvgIpc) is 2.81. The summed E-state index contributed by atoms with van der Waals surface area (Å²) in [6.45, 7) is 6.60. The maximum Gasteiger partial charge on any atom is 0.0643 e. The molecule has 0 aliphatic heterocycles. The molecule has 0 bridgehead atoms. The molecule has 0 radical (unpaired) electrons. The highest BCUT2D eigenvalue weighted by Gasteiger charge is 2.32. The molecule has 1 aliphatic rings. The van der Waals surface area contributed by atoms with Gasteiger partial charge in [0.2, 0.25) is 0 Å². The summed E-state index contributed by atoms with van der Waals surface area (Å²) >= 11 is 0. The van der Waals surface area contributed by atoms with E-state index in [1.54, 1.807) is 0 Å². The molecule has 108 valence electrons. The van der Waals surface area contributed by atoms with Gasteiger partial charge in [0.25, 0.3) is 0 Å². The summed E-state index contributed by atoms with van der Waals surface area (Å²) in [5.74, 6) is 0.912. The molecule has 3 nitrogen and oxygen atoms in total. The van der Waals surface area contributed by atoms with E-state index >= 15 is 0 Å². The van der Waals surface area contributed by atoms with E-state index in [-0.39, 0.29) is 5.54 Å². The van der Waals surface area contributed by atoms with Gasteiger partial charge in [-0.1, -0.05) is 19.8 Å². The summed E-state index contributed by atoms with van der Waals surface area (Å²) in [5, 5.41) is 4.64. The lowest BCUT2D eigenvalue weighted by atomic mass is 9.74. The molecule has 0 aromatic carbocycles. The molecule has 0 atom stereocenters. The van der Waals surface area contributed by atoms with Gasteiger partial charge in [-0.2, -0.15) is 5.10 Å². The van der Waals surface area contributed by atoms with Crippen molar-refractivity contribution in [2.24, 2.45) is 11.7 Å². The standard InChI is InChI=1S/C16H29N3/c1-4-5-14-6-9-16(17,10-7-14)12-15-8-11-19(18-15)13(2)3/h8,11,13-14H,4-7,9-10,12,17H2,1-3H3. The first-order chi connectivity index (χ1) is 9.02. The van der Waals surface area contributed by atoms with E-state index in [4.69, 9.17) is 5.73 Å². The van der Waals surface area contributed by atoms with E-state index in [9.17, 15) is 0 Å². The second-order valence-corrected chi connectivity index (χ2v) is 6.65. The van der Waals surface area contributed by atoms with Crippen LogP contribution in [0.3, 0.4) is 0 Å². The second kappa shape index (κ2) is 6.08. The van der Waals surface area contributed by atoms with Crippen LogP contribution in [0, 0.1) is 5.92 Å². The molecule has 0 unspecified atom stereocenters. The van der Waals surface area contributed by atoms with Crippen LogP contribution < -0.4 is 5.73 Å². The molecule has 0 amide bonds. The molecule has 2 rings (SSSR count). The molecule has 1 saturated carbocycles. The molecule has 1 aromatic heterocycles. The summed E-state index contributed by atoms with van der Waals surface area (Å²) in [7, 11) is 0. The van der Waals surface area contributed by atoms with E-state index in [0.29, 0.717) is 6.04 Å². The minimum absolute atomic E-state index is 0.0135. The second-order valence-electron chi connectivity index (χ2n) is 6.65. The van der Waals surface area contributed by atoms with Crippen LogP contribution in [-0.2, 0) is 6.42 Å². The summed E-state index contributed by atoms with van der Waals surface area (Å²) < 4.78 is 2.03. The Kier molecular flexibility index (Phi) is 4.67. The molecular formula is C16H29N3. The van der Waals surface area contributed by atoms with Crippen molar-refractivity contribution in [3.63, 3.8) is 0 Å². The zero-order valence-electron chi connectivity index (χ0n) is 12.7. The number of nitrogens with zero attached hydrogens (tertiary/aromatic N) is 2. The van der Waals surface area contributed by atoms with Gasteiger partial charge in [-0.25, -0.2) is 0 Å². The Balaban J connectivity index is 1.91. The van der Waals surface area contributed by atoms with Crippen LogP contribution in [0.1, 0.15) is 71.0 Å². The molecule has 2 N–H and O–H groups in total. The maximum atomic E-state index is 6.59. The molecular weight excluding hydrogens is 234 g/mol. The largest absolute Gasteiger partial charge is 0.325 e. The van der Waals surface area contributed by atoms with E-state index in [1.807, 2.05) is 4.68 Å².